The number of aliphatic imine (C=N–C) groups is 1. The minimum Gasteiger partial charge on any atom is -0.379 e. The van der Waals surface area contributed by atoms with E-state index >= 15 is 0 Å². The molecule has 94 valence electrons. The summed E-state index contributed by atoms with van der Waals surface area (Å²) in [6.07, 6.45) is 0. The van der Waals surface area contributed by atoms with E-state index in [4.69, 9.17) is 22.5 Å². The van der Waals surface area contributed by atoms with Crippen molar-refractivity contribution in [1.82, 2.24) is 15.8 Å². The first-order valence-electron chi connectivity index (χ1n) is 4.64. The lowest BCUT2D eigenvalue weighted by Gasteiger charge is -2.01. The van der Waals surface area contributed by atoms with E-state index in [-0.39, 0.29) is 22.4 Å². The number of nitrogens with one attached hydrogen (secondary N) is 1. The smallest absolute Gasteiger partial charge is 0.199 e. The monoisotopic (exact) mass is 270 g/mol. The van der Waals surface area contributed by atoms with Crippen LogP contribution in [0.15, 0.2) is 27.8 Å². The Balaban J connectivity index is 2.41. The summed E-state index contributed by atoms with van der Waals surface area (Å²) >= 11 is 5.60. The van der Waals surface area contributed by atoms with Gasteiger partial charge in [-0.3, -0.25) is 10.7 Å². The molecular formula is C9H7ClFN5O2. The van der Waals surface area contributed by atoms with Crippen molar-refractivity contribution in [2.75, 3.05) is 5.73 Å². The second-order valence-electron chi connectivity index (χ2n) is 3.17. The number of benzene rings is 1. The third kappa shape index (κ3) is 2.39. The van der Waals surface area contributed by atoms with Crippen LogP contribution in [0.3, 0.4) is 0 Å². The Morgan fingerprint density at radius 2 is 2.28 bits per heavy atom. The molecule has 0 fully saturated rings. The van der Waals surface area contributed by atoms with E-state index < -0.39 is 5.82 Å². The average Bonchev–Trinajstić information content (AvgIpc) is 2.77. The third-order valence-electron chi connectivity index (χ3n) is 1.99. The van der Waals surface area contributed by atoms with Crippen molar-refractivity contribution in [1.29, 1.82) is 0 Å². The largest absolute Gasteiger partial charge is 0.379 e. The number of aromatic nitrogens is 2. The molecule has 0 aliphatic heterocycles. The molecule has 0 bridgehead atoms. The zero-order chi connectivity index (χ0) is 13.1. The lowest BCUT2D eigenvalue weighted by atomic mass is 10.3. The topological polar surface area (TPSA) is 110 Å². The molecule has 0 spiro atoms. The fraction of sp³-hybridized carbons (Fsp3) is 0. The van der Waals surface area contributed by atoms with Gasteiger partial charge in [0.1, 0.15) is 5.82 Å². The van der Waals surface area contributed by atoms with Crippen molar-refractivity contribution in [2.24, 2.45) is 4.99 Å². The third-order valence-corrected chi connectivity index (χ3v) is 2.28. The van der Waals surface area contributed by atoms with Crippen LogP contribution >= 0.6 is 11.6 Å². The standard InChI is InChI=1S/C9H7ClFN5O2/c10-5-3-4(1-2-6(5)11)13-9(14-17)7-8(12)16-18-15-7/h1-3,17H,(H2,12,16)(H,13,14)/i11-1. The van der Waals surface area contributed by atoms with E-state index in [1.807, 2.05) is 0 Å². The lowest BCUT2D eigenvalue weighted by Crippen LogP contribution is -2.21. The molecule has 0 amide bonds. The molecule has 2 rings (SSSR count). The lowest BCUT2D eigenvalue weighted by molar-refractivity contribution is 0.234. The van der Waals surface area contributed by atoms with E-state index in [9.17, 15) is 4.39 Å². The second kappa shape index (κ2) is 4.98. The van der Waals surface area contributed by atoms with Crippen molar-refractivity contribution in [2.45, 2.75) is 0 Å². The molecule has 18 heavy (non-hydrogen) atoms. The Bertz CT molecular complexity index is 600. The van der Waals surface area contributed by atoms with Crippen molar-refractivity contribution >= 4 is 28.9 Å². The first kappa shape index (κ1) is 12.3. The van der Waals surface area contributed by atoms with E-state index in [0.29, 0.717) is 5.69 Å². The van der Waals surface area contributed by atoms with Gasteiger partial charge in [-0.1, -0.05) is 11.6 Å². The van der Waals surface area contributed by atoms with Gasteiger partial charge < -0.3 is 5.73 Å². The van der Waals surface area contributed by atoms with Gasteiger partial charge in [-0.25, -0.2) is 14.0 Å². The Labute approximate surface area is 105 Å². The van der Waals surface area contributed by atoms with Crippen LogP contribution in [0.1, 0.15) is 5.69 Å². The predicted octanol–water partition coefficient (Wildman–Crippen LogP) is 1.50. The fourth-order valence-corrected chi connectivity index (χ4v) is 1.35. The number of nitrogen functional groups attached to an aromatic ring is 1. The molecule has 9 heteroatoms. The van der Waals surface area contributed by atoms with E-state index in [2.05, 4.69) is 19.9 Å². The van der Waals surface area contributed by atoms with Crippen molar-refractivity contribution in [3.63, 3.8) is 0 Å². The second-order valence-corrected chi connectivity index (χ2v) is 3.58. The van der Waals surface area contributed by atoms with Gasteiger partial charge in [0.15, 0.2) is 17.3 Å². The number of rotatable bonds is 2. The highest BCUT2D eigenvalue weighted by atomic mass is 35.5. The van der Waals surface area contributed by atoms with Crippen LogP contribution in [0.5, 0.6) is 0 Å². The highest BCUT2D eigenvalue weighted by Crippen LogP contribution is 2.22. The zero-order valence-electron chi connectivity index (χ0n) is 8.76. The molecule has 4 N–H and O–H groups in total. The minimum absolute atomic E-state index is 0.0259. The first-order valence-corrected chi connectivity index (χ1v) is 5.02. The Kier molecular flexibility index (Phi) is 3.40. The molecule has 1 heterocycles. The van der Waals surface area contributed by atoms with E-state index in [1.165, 1.54) is 12.1 Å². The molecule has 0 radical (unpaired) electrons. The van der Waals surface area contributed by atoms with Gasteiger partial charge in [-0.05, 0) is 28.5 Å². The maximum Gasteiger partial charge on any atom is 0.199 e. The summed E-state index contributed by atoms with van der Waals surface area (Å²) in [4.78, 5) is 3.94. The van der Waals surface area contributed by atoms with Crippen molar-refractivity contribution in [3.05, 3.63) is 34.7 Å². The molecule has 1 aromatic carbocycles. The summed E-state index contributed by atoms with van der Waals surface area (Å²) in [5.41, 5.74) is 7.56. The molecule has 0 saturated heterocycles. The number of anilines is 1. The molecular weight excluding hydrogens is 264 g/mol. The molecule has 0 atom stereocenters. The van der Waals surface area contributed by atoms with Gasteiger partial charge in [0, 0.05) is 0 Å². The normalized spacial score (nSPS) is 11.6. The van der Waals surface area contributed by atoms with E-state index in [0.717, 1.165) is 6.07 Å². The molecule has 0 aliphatic carbocycles. The highest BCUT2D eigenvalue weighted by Gasteiger charge is 2.13. The molecule has 0 saturated carbocycles. The summed E-state index contributed by atoms with van der Waals surface area (Å²) < 4.78 is 17.3. The predicted molar refractivity (Wildman–Crippen MR) is 61.2 cm³/mol. The summed E-state index contributed by atoms with van der Waals surface area (Å²) in [5.74, 6) is -0.725. The maximum atomic E-state index is 13.0. The minimum atomic E-state index is -0.572. The SMILES string of the molecule is Nc1nonc1C(=Nc1ccc([18F])c(Cl)c1)NO. The highest BCUT2D eigenvalue weighted by molar-refractivity contribution is 6.31. The molecule has 0 unspecified atom stereocenters. The summed E-state index contributed by atoms with van der Waals surface area (Å²) in [6, 6.07) is 3.78. The van der Waals surface area contributed by atoms with Gasteiger partial charge in [0.05, 0.1) is 10.7 Å². The summed E-state index contributed by atoms with van der Waals surface area (Å²) in [7, 11) is 0. The van der Waals surface area contributed by atoms with Crippen LogP contribution in [-0.4, -0.2) is 21.4 Å². The number of halogens is 2. The van der Waals surface area contributed by atoms with Crippen LogP contribution < -0.4 is 11.2 Å². The van der Waals surface area contributed by atoms with Gasteiger partial charge in [0.25, 0.3) is 0 Å². The Morgan fingerprint density at radius 1 is 1.50 bits per heavy atom. The average molecular weight is 271 g/mol. The van der Waals surface area contributed by atoms with Crippen LogP contribution in [0, 0.1) is 5.82 Å². The molecule has 7 nitrogen and oxygen atoms in total. The molecule has 1 aromatic heterocycles. The number of nitrogens with two attached hydrogens (primary N) is 1. The number of hydroxylamine groups is 1. The summed E-state index contributed by atoms with van der Waals surface area (Å²) in [5, 5.41) is 15.6. The van der Waals surface area contributed by atoms with Gasteiger partial charge in [-0.2, -0.15) is 0 Å². The van der Waals surface area contributed by atoms with Crippen LogP contribution in [0.25, 0.3) is 0 Å². The van der Waals surface area contributed by atoms with Gasteiger partial charge >= 0.3 is 0 Å². The Morgan fingerprint density at radius 3 is 2.83 bits per heavy atom. The van der Waals surface area contributed by atoms with Crippen LogP contribution in [0.4, 0.5) is 15.9 Å². The van der Waals surface area contributed by atoms with Crippen LogP contribution in [-0.2, 0) is 0 Å². The van der Waals surface area contributed by atoms with Crippen molar-refractivity contribution < 1.29 is 14.2 Å². The number of hydrogen-bond acceptors (Lipinski definition) is 6. The van der Waals surface area contributed by atoms with Crippen LogP contribution in [0.2, 0.25) is 5.02 Å². The maximum absolute atomic E-state index is 13.0. The zero-order valence-corrected chi connectivity index (χ0v) is 9.52. The molecule has 0 aliphatic rings. The van der Waals surface area contributed by atoms with Gasteiger partial charge in [0.2, 0.25) is 0 Å². The number of amidine groups is 1. The van der Waals surface area contributed by atoms with Gasteiger partial charge in [-0.15, -0.1) is 0 Å². The van der Waals surface area contributed by atoms with Crippen molar-refractivity contribution in [3.8, 4) is 0 Å². The molecule has 2 aromatic rings. The number of hydrogen-bond donors (Lipinski definition) is 3. The quantitative estimate of drug-likeness (QED) is 0.433. The van der Waals surface area contributed by atoms with E-state index in [1.54, 1.807) is 5.48 Å². The fourth-order valence-electron chi connectivity index (χ4n) is 1.17. The number of nitrogens with zero attached hydrogens (tertiary/aromatic N) is 3. The summed E-state index contributed by atoms with van der Waals surface area (Å²) in [6.45, 7) is 0. The Hall–Kier alpha value is -2.19. The first-order chi connectivity index (χ1) is 8.61.